The van der Waals surface area contributed by atoms with E-state index in [0.717, 1.165) is 11.3 Å². The molecule has 2 aromatic heterocycles. The molecule has 4 rings (SSSR count). The third-order valence-corrected chi connectivity index (χ3v) is 3.58. The molecule has 0 saturated heterocycles. The van der Waals surface area contributed by atoms with E-state index in [0.29, 0.717) is 23.0 Å². The molecule has 1 amide bonds. The number of carbonyl (C=O) groups is 1. The summed E-state index contributed by atoms with van der Waals surface area (Å²) in [7, 11) is 0. The first-order chi connectivity index (χ1) is 11.7. The van der Waals surface area contributed by atoms with Crippen LogP contribution < -0.4 is 10.1 Å². The van der Waals surface area contributed by atoms with Gasteiger partial charge in [0.15, 0.2) is 0 Å². The summed E-state index contributed by atoms with van der Waals surface area (Å²) in [6.45, 7) is 1.87. The fraction of sp³-hybridized carbons (Fsp3) is 0.0588. The van der Waals surface area contributed by atoms with Gasteiger partial charge in [0.2, 0.25) is 5.95 Å². The zero-order valence-corrected chi connectivity index (χ0v) is 12.8. The average molecular weight is 319 g/mol. The van der Waals surface area contributed by atoms with Crippen LogP contribution in [0.25, 0.3) is 11.9 Å². The Morgan fingerprint density at radius 2 is 2.08 bits per heavy atom. The summed E-state index contributed by atoms with van der Waals surface area (Å²) in [6.07, 6.45) is 6.63. The number of benzene rings is 1. The van der Waals surface area contributed by atoms with Crippen molar-refractivity contribution in [3.63, 3.8) is 0 Å². The number of rotatable bonds is 2. The van der Waals surface area contributed by atoms with E-state index >= 15 is 0 Å². The maximum Gasteiger partial charge on any atom is 0.258 e. The van der Waals surface area contributed by atoms with Gasteiger partial charge in [-0.05, 0) is 31.2 Å². The number of fused-ring (bicyclic) bond motifs is 2. The molecule has 0 saturated carbocycles. The van der Waals surface area contributed by atoms with Crippen molar-refractivity contribution in [2.45, 2.75) is 6.92 Å². The molecular weight excluding hydrogens is 306 g/mol. The molecule has 7 nitrogen and oxygen atoms in total. The molecule has 1 N–H and O–H groups in total. The number of para-hydroxylation sites is 1. The predicted octanol–water partition coefficient (Wildman–Crippen LogP) is 2.36. The van der Waals surface area contributed by atoms with Gasteiger partial charge in [-0.1, -0.05) is 18.2 Å². The Kier molecular flexibility index (Phi) is 3.31. The van der Waals surface area contributed by atoms with Gasteiger partial charge >= 0.3 is 0 Å². The van der Waals surface area contributed by atoms with Crippen molar-refractivity contribution >= 4 is 23.7 Å². The molecular formula is C17H13N5O2. The van der Waals surface area contributed by atoms with E-state index in [-0.39, 0.29) is 5.91 Å². The molecule has 0 unspecified atom stereocenters. The van der Waals surface area contributed by atoms with Crippen molar-refractivity contribution in [2.24, 2.45) is 0 Å². The van der Waals surface area contributed by atoms with E-state index in [1.54, 1.807) is 22.7 Å². The van der Waals surface area contributed by atoms with Gasteiger partial charge in [0, 0.05) is 23.0 Å². The molecule has 1 aromatic carbocycles. The molecule has 3 aromatic rings. The lowest BCUT2D eigenvalue weighted by molar-refractivity contribution is -0.112. The number of hydrogen-bond acceptors (Lipinski definition) is 5. The van der Waals surface area contributed by atoms with Crippen LogP contribution in [0, 0.1) is 6.92 Å². The normalized spacial score (nSPS) is 13.0. The van der Waals surface area contributed by atoms with Gasteiger partial charge in [0.25, 0.3) is 11.7 Å². The predicted molar refractivity (Wildman–Crippen MR) is 88.3 cm³/mol. The lowest BCUT2D eigenvalue weighted by atomic mass is 10.1. The summed E-state index contributed by atoms with van der Waals surface area (Å²) < 4.78 is 7.11. The summed E-state index contributed by atoms with van der Waals surface area (Å²) in [6, 6.07) is 9.31. The minimum Gasteiger partial charge on any atom is -0.464 e. The van der Waals surface area contributed by atoms with Gasteiger partial charge in [-0.25, -0.2) is 4.98 Å². The largest absolute Gasteiger partial charge is 0.464 e. The molecule has 3 heterocycles. The van der Waals surface area contributed by atoms with Crippen LogP contribution >= 0.6 is 0 Å². The summed E-state index contributed by atoms with van der Waals surface area (Å²) in [4.78, 5) is 16.8. The van der Waals surface area contributed by atoms with E-state index < -0.39 is 0 Å². The second-order valence-electron chi connectivity index (χ2n) is 5.27. The zero-order chi connectivity index (χ0) is 16.5. The van der Waals surface area contributed by atoms with Crippen LogP contribution in [0.3, 0.4) is 0 Å². The van der Waals surface area contributed by atoms with E-state index in [1.807, 2.05) is 37.3 Å². The van der Waals surface area contributed by atoms with Crippen LogP contribution in [0.4, 0.5) is 5.95 Å². The first kappa shape index (κ1) is 14.1. The lowest BCUT2D eigenvalue weighted by Crippen LogP contribution is -2.15. The summed E-state index contributed by atoms with van der Waals surface area (Å²) in [5.74, 6) is 1.14. The summed E-state index contributed by atoms with van der Waals surface area (Å²) in [5, 5.41) is 10.7. The third kappa shape index (κ3) is 2.52. The van der Waals surface area contributed by atoms with Crippen molar-refractivity contribution in [3.05, 3.63) is 65.7 Å². The molecule has 1 aliphatic heterocycles. The Balaban J connectivity index is 1.65. The van der Waals surface area contributed by atoms with Crippen LogP contribution in [-0.2, 0) is 4.79 Å². The number of hydrogen-bond donors (Lipinski definition) is 1. The summed E-state index contributed by atoms with van der Waals surface area (Å²) in [5.41, 5.74) is 2.11. The van der Waals surface area contributed by atoms with Crippen LogP contribution in [0.5, 0.6) is 5.75 Å². The fourth-order valence-corrected chi connectivity index (χ4v) is 2.38. The highest BCUT2D eigenvalue weighted by atomic mass is 16.5. The van der Waals surface area contributed by atoms with Crippen LogP contribution in [0.1, 0.15) is 11.3 Å². The molecule has 0 bridgehead atoms. The van der Waals surface area contributed by atoms with Crippen LogP contribution in [-0.4, -0.2) is 25.5 Å². The quantitative estimate of drug-likeness (QED) is 0.784. The topological polar surface area (TPSA) is 81.4 Å². The maximum atomic E-state index is 12.6. The number of anilines is 1. The Labute approximate surface area is 137 Å². The highest BCUT2D eigenvalue weighted by molar-refractivity contribution is 6.08. The maximum absolute atomic E-state index is 12.6. The Morgan fingerprint density at radius 3 is 3.00 bits per heavy atom. The second kappa shape index (κ2) is 5.62. The monoisotopic (exact) mass is 319 g/mol. The van der Waals surface area contributed by atoms with Crippen molar-refractivity contribution in [1.29, 1.82) is 0 Å². The Hall–Kier alpha value is -3.48. The number of carbonyl (C=O) groups excluding carboxylic acids is 1. The second-order valence-corrected chi connectivity index (χ2v) is 5.27. The Bertz CT molecular complexity index is 1000. The number of aromatic nitrogens is 4. The number of aryl methyl sites for hydroxylation is 1. The molecule has 1 aliphatic rings. The molecule has 7 heteroatoms. The smallest absolute Gasteiger partial charge is 0.258 e. The van der Waals surface area contributed by atoms with E-state index in [2.05, 4.69) is 20.5 Å². The molecule has 24 heavy (non-hydrogen) atoms. The van der Waals surface area contributed by atoms with Gasteiger partial charge < -0.3 is 4.74 Å². The van der Waals surface area contributed by atoms with Gasteiger partial charge in [-0.15, -0.1) is 10.2 Å². The minimum absolute atomic E-state index is 0.304. The molecule has 0 fully saturated rings. The standard InChI is InChI=1S/C17H13N5O2/c1-11-6-8-22-16(18-11)20-21-17(22)19-15(23)13-7-9-24-14-5-3-2-4-12(14)10-13/h2-10H,1H3,(H,19,21,23). The van der Waals surface area contributed by atoms with E-state index in [9.17, 15) is 4.79 Å². The number of amides is 1. The van der Waals surface area contributed by atoms with Gasteiger partial charge in [-0.2, -0.15) is 0 Å². The first-order valence-electron chi connectivity index (χ1n) is 7.34. The average Bonchev–Trinajstić information content (AvgIpc) is 2.84. The molecule has 0 atom stereocenters. The van der Waals surface area contributed by atoms with E-state index in [4.69, 9.17) is 4.74 Å². The van der Waals surface area contributed by atoms with Crippen molar-refractivity contribution < 1.29 is 9.53 Å². The first-order valence-corrected chi connectivity index (χ1v) is 7.34. The van der Waals surface area contributed by atoms with Crippen molar-refractivity contribution in [2.75, 3.05) is 5.32 Å². The third-order valence-electron chi connectivity index (χ3n) is 3.58. The van der Waals surface area contributed by atoms with Crippen LogP contribution in [0.2, 0.25) is 0 Å². The zero-order valence-electron chi connectivity index (χ0n) is 12.8. The van der Waals surface area contributed by atoms with Gasteiger partial charge in [-0.3, -0.25) is 14.5 Å². The number of nitrogens with zero attached hydrogens (tertiary/aromatic N) is 4. The Morgan fingerprint density at radius 1 is 1.21 bits per heavy atom. The van der Waals surface area contributed by atoms with Gasteiger partial charge in [0.1, 0.15) is 5.75 Å². The summed E-state index contributed by atoms with van der Waals surface area (Å²) >= 11 is 0. The molecule has 0 spiro atoms. The van der Waals surface area contributed by atoms with Crippen molar-refractivity contribution in [3.8, 4) is 5.75 Å². The van der Waals surface area contributed by atoms with Crippen molar-refractivity contribution in [1.82, 2.24) is 19.6 Å². The molecule has 0 aliphatic carbocycles. The lowest BCUT2D eigenvalue weighted by Gasteiger charge is -2.04. The molecule has 118 valence electrons. The minimum atomic E-state index is -0.304. The number of ether oxygens (including phenoxy) is 1. The highest BCUT2D eigenvalue weighted by Crippen LogP contribution is 2.24. The fourth-order valence-electron chi connectivity index (χ4n) is 2.38. The SMILES string of the molecule is Cc1ccn2c(NC(=O)C3=Cc4ccccc4OC=C3)nnc2n1. The van der Waals surface area contributed by atoms with Gasteiger partial charge in [0.05, 0.1) is 6.26 Å². The number of nitrogens with one attached hydrogen (secondary N) is 1. The molecule has 0 radical (unpaired) electrons. The van der Waals surface area contributed by atoms with Crippen LogP contribution in [0.15, 0.2) is 54.4 Å². The van der Waals surface area contributed by atoms with E-state index in [1.165, 1.54) is 6.26 Å². The highest BCUT2D eigenvalue weighted by Gasteiger charge is 2.15.